The Hall–Kier alpha value is -2.41. The molecule has 1 aliphatic heterocycles. The summed E-state index contributed by atoms with van der Waals surface area (Å²) in [7, 11) is 0. The Labute approximate surface area is 143 Å². The summed E-state index contributed by atoms with van der Waals surface area (Å²) in [6, 6.07) is 3.91. The number of carbonyl (C=O) groups excluding carboxylic acids is 1. The van der Waals surface area contributed by atoms with E-state index in [0.717, 1.165) is 41.7 Å². The van der Waals surface area contributed by atoms with E-state index in [9.17, 15) is 4.79 Å². The van der Waals surface area contributed by atoms with E-state index in [4.69, 9.17) is 4.42 Å². The van der Waals surface area contributed by atoms with Gasteiger partial charge in [0, 0.05) is 31.4 Å². The van der Waals surface area contributed by atoms with Gasteiger partial charge in [-0.3, -0.25) is 4.79 Å². The van der Waals surface area contributed by atoms with Crippen LogP contribution in [0.15, 0.2) is 28.9 Å². The zero-order valence-electron chi connectivity index (χ0n) is 13.6. The summed E-state index contributed by atoms with van der Waals surface area (Å²) in [6.45, 7) is 4.52. The first-order valence-electron chi connectivity index (χ1n) is 7.95. The number of hydrogen-bond acceptors (Lipinski definition) is 5. The van der Waals surface area contributed by atoms with Crippen LogP contribution in [0.1, 0.15) is 33.4 Å². The lowest BCUT2D eigenvalue weighted by molar-refractivity contribution is 0.0931. The lowest BCUT2D eigenvalue weighted by atomic mass is 10.1. The third-order valence-electron chi connectivity index (χ3n) is 4.22. The normalized spacial score (nSPS) is 16.8. The van der Waals surface area contributed by atoms with Crippen molar-refractivity contribution in [1.82, 2.24) is 19.9 Å². The van der Waals surface area contributed by atoms with E-state index in [-0.39, 0.29) is 11.9 Å². The smallest absolute Gasteiger partial charge is 0.263 e. The average Bonchev–Trinajstić information content (AvgIpc) is 3.26. The fourth-order valence-electron chi connectivity index (χ4n) is 3.00. The third kappa shape index (κ3) is 2.75. The van der Waals surface area contributed by atoms with Crippen LogP contribution in [0.25, 0.3) is 10.8 Å². The second kappa shape index (κ2) is 5.90. The number of carbonyl (C=O) groups is 1. The highest BCUT2D eigenvalue weighted by Crippen LogP contribution is 2.29. The van der Waals surface area contributed by atoms with Crippen molar-refractivity contribution in [1.29, 1.82) is 0 Å². The Bertz CT molecular complexity index is 892. The van der Waals surface area contributed by atoms with Crippen molar-refractivity contribution in [2.45, 2.75) is 39.3 Å². The number of imidazole rings is 1. The van der Waals surface area contributed by atoms with Crippen LogP contribution in [0.4, 0.5) is 0 Å². The number of rotatable bonds is 3. The number of nitrogens with zero attached hydrogens (tertiary/aromatic N) is 3. The highest BCUT2D eigenvalue weighted by Gasteiger charge is 2.23. The molecule has 0 saturated carbocycles. The maximum absolute atomic E-state index is 12.6. The molecule has 0 bridgehead atoms. The maximum Gasteiger partial charge on any atom is 0.263 e. The molecule has 0 aliphatic carbocycles. The number of nitrogens with one attached hydrogen (secondary N) is 1. The third-order valence-corrected chi connectivity index (χ3v) is 5.40. The molecule has 0 fully saturated rings. The monoisotopic (exact) mass is 342 g/mol. The summed E-state index contributed by atoms with van der Waals surface area (Å²) < 4.78 is 7.71. The first-order valence-corrected chi connectivity index (χ1v) is 8.77. The molecule has 4 rings (SSSR count). The number of aromatic nitrogens is 3. The van der Waals surface area contributed by atoms with Crippen LogP contribution in [0.5, 0.6) is 0 Å². The summed E-state index contributed by atoms with van der Waals surface area (Å²) in [4.78, 5) is 22.1. The van der Waals surface area contributed by atoms with Gasteiger partial charge in [0.15, 0.2) is 10.8 Å². The van der Waals surface area contributed by atoms with Crippen molar-refractivity contribution < 1.29 is 9.21 Å². The van der Waals surface area contributed by atoms with Crippen molar-refractivity contribution in [3.05, 3.63) is 46.7 Å². The number of hydrogen-bond donors (Lipinski definition) is 1. The van der Waals surface area contributed by atoms with Crippen LogP contribution in [0, 0.1) is 13.8 Å². The molecule has 1 amide bonds. The van der Waals surface area contributed by atoms with Crippen molar-refractivity contribution in [3.8, 4) is 10.8 Å². The molecule has 0 saturated heterocycles. The lowest BCUT2D eigenvalue weighted by Crippen LogP contribution is -2.40. The largest absolute Gasteiger partial charge is 0.459 e. The Morgan fingerprint density at radius 3 is 3.08 bits per heavy atom. The molecule has 0 aromatic carbocycles. The Balaban J connectivity index is 1.50. The lowest BCUT2D eigenvalue weighted by Gasteiger charge is -2.24. The van der Waals surface area contributed by atoms with Crippen LogP contribution < -0.4 is 5.32 Å². The molecule has 1 atom stereocenters. The maximum atomic E-state index is 12.6. The number of furan rings is 1. The second-order valence-corrected chi connectivity index (χ2v) is 7.05. The van der Waals surface area contributed by atoms with Crippen LogP contribution in [0.3, 0.4) is 0 Å². The van der Waals surface area contributed by atoms with Gasteiger partial charge in [-0.05, 0) is 32.4 Å². The Kier molecular flexibility index (Phi) is 3.72. The predicted octanol–water partition coefficient (Wildman–Crippen LogP) is 2.96. The molecule has 3 aromatic rings. The van der Waals surface area contributed by atoms with E-state index in [1.807, 2.05) is 38.4 Å². The average molecular weight is 342 g/mol. The number of aryl methyl sites for hydroxylation is 3. The van der Waals surface area contributed by atoms with Crippen molar-refractivity contribution in [2.75, 3.05) is 0 Å². The molecule has 3 aromatic heterocycles. The number of amides is 1. The second-order valence-electron chi connectivity index (χ2n) is 6.05. The molecule has 0 spiro atoms. The predicted molar refractivity (Wildman–Crippen MR) is 91.1 cm³/mol. The summed E-state index contributed by atoms with van der Waals surface area (Å²) in [6.07, 6.45) is 5.56. The van der Waals surface area contributed by atoms with E-state index in [0.29, 0.717) is 10.6 Å². The molecule has 124 valence electrons. The topological polar surface area (TPSA) is 73.0 Å². The van der Waals surface area contributed by atoms with E-state index >= 15 is 0 Å². The number of fused-ring (bicyclic) bond motifs is 1. The molecule has 24 heavy (non-hydrogen) atoms. The Morgan fingerprint density at radius 1 is 1.42 bits per heavy atom. The van der Waals surface area contributed by atoms with Gasteiger partial charge in [-0.25, -0.2) is 9.97 Å². The molecular weight excluding hydrogens is 324 g/mol. The van der Waals surface area contributed by atoms with Crippen molar-refractivity contribution in [3.63, 3.8) is 0 Å². The van der Waals surface area contributed by atoms with Crippen LogP contribution in [-0.4, -0.2) is 26.5 Å². The van der Waals surface area contributed by atoms with E-state index in [1.165, 1.54) is 11.3 Å². The molecule has 7 heteroatoms. The van der Waals surface area contributed by atoms with Gasteiger partial charge in [0.1, 0.15) is 16.5 Å². The SMILES string of the molecule is Cc1ccc(-c2nc(C)c(C(=O)NC3CCc4nccn4C3)s2)o1. The molecule has 1 unspecified atom stereocenters. The highest BCUT2D eigenvalue weighted by atomic mass is 32.1. The van der Waals surface area contributed by atoms with E-state index < -0.39 is 0 Å². The molecule has 1 N–H and O–H groups in total. The molecule has 0 radical (unpaired) electrons. The van der Waals surface area contributed by atoms with Crippen LogP contribution in [0.2, 0.25) is 0 Å². The van der Waals surface area contributed by atoms with Gasteiger partial charge in [0.2, 0.25) is 0 Å². The van der Waals surface area contributed by atoms with Gasteiger partial charge in [0.05, 0.1) is 5.69 Å². The van der Waals surface area contributed by atoms with Crippen LogP contribution in [-0.2, 0) is 13.0 Å². The van der Waals surface area contributed by atoms with Gasteiger partial charge in [-0.1, -0.05) is 0 Å². The first-order chi connectivity index (χ1) is 11.6. The zero-order chi connectivity index (χ0) is 16.7. The first kappa shape index (κ1) is 15.1. The minimum Gasteiger partial charge on any atom is -0.459 e. The van der Waals surface area contributed by atoms with Gasteiger partial charge in [-0.15, -0.1) is 11.3 Å². The molecule has 6 nitrogen and oxygen atoms in total. The summed E-state index contributed by atoms with van der Waals surface area (Å²) >= 11 is 1.37. The Morgan fingerprint density at radius 2 is 2.29 bits per heavy atom. The number of thiazole rings is 1. The minimum absolute atomic E-state index is 0.0620. The minimum atomic E-state index is -0.0620. The molecule has 1 aliphatic rings. The summed E-state index contributed by atoms with van der Waals surface area (Å²) in [5.41, 5.74) is 0.737. The van der Waals surface area contributed by atoms with Crippen molar-refractivity contribution in [2.24, 2.45) is 0 Å². The van der Waals surface area contributed by atoms with Gasteiger partial charge in [-0.2, -0.15) is 0 Å². The van der Waals surface area contributed by atoms with Crippen LogP contribution >= 0.6 is 11.3 Å². The molecule has 4 heterocycles. The van der Waals surface area contributed by atoms with Crippen molar-refractivity contribution >= 4 is 17.2 Å². The summed E-state index contributed by atoms with van der Waals surface area (Å²) in [5.74, 6) is 2.57. The van der Waals surface area contributed by atoms with Gasteiger partial charge >= 0.3 is 0 Å². The molecular formula is C17H18N4O2S. The van der Waals surface area contributed by atoms with E-state index in [1.54, 1.807) is 0 Å². The quantitative estimate of drug-likeness (QED) is 0.794. The van der Waals surface area contributed by atoms with Gasteiger partial charge < -0.3 is 14.3 Å². The summed E-state index contributed by atoms with van der Waals surface area (Å²) in [5, 5.41) is 3.87. The van der Waals surface area contributed by atoms with Gasteiger partial charge in [0.25, 0.3) is 5.91 Å². The fourth-order valence-corrected chi connectivity index (χ4v) is 3.93. The highest BCUT2D eigenvalue weighted by molar-refractivity contribution is 7.17. The standard InChI is InChI=1S/C17H18N4O2S/c1-10-3-5-13(23-10)17-19-11(2)15(24-17)16(22)20-12-4-6-14-18-7-8-21(14)9-12/h3,5,7-8,12H,4,6,9H2,1-2H3,(H,20,22). The zero-order valence-corrected chi connectivity index (χ0v) is 14.4. The van der Waals surface area contributed by atoms with E-state index in [2.05, 4.69) is 19.9 Å². The fraction of sp³-hybridized carbons (Fsp3) is 0.353.